The van der Waals surface area contributed by atoms with Gasteiger partial charge in [-0.3, -0.25) is 9.69 Å². The molecular formula is C25H32BrFN2OS. The van der Waals surface area contributed by atoms with Gasteiger partial charge in [0, 0.05) is 55.0 Å². The summed E-state index contributed by atoms with van der Waals surface area (Å²) < 4.78 is 16.5. The Morgan fingerprint density at radius 3 is 2.61 bits per heavy atom. The van der Waals surface area contributed by atoms with E-state index in [0.717, 1.165) is 44.5 Å². The van der Waals surface area contributed by atoms with Crippen molar-refractivity contribution in [2.75, 3.05) is 19.6 Å². The van der Waals surface area contributed by atoms with Crippen molar-refractivity contribution < 1.29 is 9.18 Å². The van der Waals surface area contributed by atoms with E-state index in [-0.39, 0.29) is 5.78 Å². The fourth-order valence-electron chi connectivity index (χ4n) is 4.40. The number of carbonyl (C=O) groups excluding carboxylic acids is 1. The molecule has 31 heavy (non-hydrogen) atoms. The number of piperidine rings is 1. The average molecular weight is 508 g/mol. The Kier molecular flexibility index (Phi) is 7.63. The Hall–Kier alpha value is -1.08. The smallest absolute Gasteiger partial charge is 0.162 e. The van der Waals surface area contributed by atoms with E-state index in [1.54, 1.807) is 11.3 Å². The second-order valence-corrected chi connectivity index (χ2v) is 11.6. The molecule has 2 aromatic rings. The first kappa shape index (κ1) is 23.1. The Labute approximate surface area is 197 Å². The average Bonchev–Trinajstić information content (AvgIpc) is 3.43. The number of ketones is 1. The number of alkyl halides is 1. The van der Waals surface area contributed by atoms with E-state index < -0.39 is 5.67 Å². The Morgan fingerprint density at radius 2 is 1.97 bits per heavy atom. The van der Waals surface area contributed by atoms with Gasteiger partial charge < -0.3 is 5.32 Å². The molecule has 3 nitrogen and oxygen atoms in total. The maximum atomic E-state index is 15.3. The molecule has 1 aliphatic carbocycles. The first-order valence-electron chi connectivity index (χ1n) is 11.5. The van der Waals surface area contributed by atoms with Gasteiger partial charge in [0.25, 0.3) is 0 Å². The number of benzene rings is 1. The summed E-state index contributed by atoms with van der Waals surface area (Å²) in [4.78, 5) is 15.9. The summed E-state index contributed by atoms with van der Waals surface area (Å²) in [5, 5.41) is 3.49. The van der Waals surface area contributed by atoms with Crippen molar-refractivity contribution >= 4 is 33.0 Å². The molecule has 2 heterocycles. The van der Waals surface area contributed by atoms with Gasteiger partial charge in [0.2, 0.25) is 0 Å². The van der Waals surface area contributed by atoms with Crippen LogP contribution >= 0.6 is 27.3 Å². The molecule has 1 aromatic carbocycles. The molecule has 2 aliphatic rings. The number of hydrogen-bond acceptors (Lipinski definition) is 4. The lowest BCUT2D eigenvalue weighted by molar-refractivity contribution is 0.0544. The van der Waals surface area contributed by atoms with Crippen molar-refractivity contribution in [2.45, 2.75) is 69.6 Å². The largest absolute Gasteiger partial charge is 0.310 e. The predicted octanol–water partition coefficient (Wildman–Crippen LogP) is 6.33. The fourth-order valence-corrected chi connectivity index (χ4v) is 6.00. The SMILES string of the molecule is CCCCC(=O)c1ccc(CN2CCC(F)(CNC3CC3c3ccc(Br)s3)CC2)cc1. The quantitative estimate of drug-likeness (QED) is 0.382. The number of nitrogens with one attached hydrogen (secondary N) is 1. The highest BCUT2D eigenvalue weighted by molar-refractivity contribution is 9.11. The number of unbranched alkanes of at least 4 members (excludes halogenated alkanes) is 1. The number of hydrogen-bond donors (Lipinski definition) is 1. The van der Waals surface area contributed by atoms with Crippen LogP contribution in [0.1, 0.15) is 72.2 Å². The van der Waals surface area contributed by atoms with Gasteiger partial charge in [-0.25, -0.2) is 4.39 Å². The molecule has 1 saturated carbocycles. The van der Waals surface area contributed by atoms with E-state index >= 15 is 4.39 Å². The van der Waals surface area contributed by atoms with Crippen LogP contribution in [0.25, 0.3) is 0 Å². The molecule has 1 saturated heterocycles. The van der Waals surface area contributed by atoms with Crippen LogP contribution in [0.2, 0.25) is 0 Å². The highest BCUT2D eigenvalue weighted by atomic mass is 79.9. The van der Waals surface area contributed by atoms with Crippen LogP contribution in [0.3, 0.4) is 0 Å². The summed E-state index contributed by atoms with van der Waals surface area (Å²) in [7, 11) is 0. The highest BCUT2D eigenvalue weighted by Crippen LogP contribution is 2.45. The lowest BCUT2D eigenvalue weighted by Gasteiger charge is -2.36. The normalized spacial score (nSPS) is 23.1. The zero-order chi connectivity index (χ0) is 21.8. The topological polar surface area (TPSA) is 32.3 Å². The minimum Gasteiger partial charge on any atom is -0.310 e. The number of halogens is 2. The first-order chi connectivity index (χ1) is 15.0. The summed E-state index contributed by atoms with van der Waals surface area (Å²) >= 11 is 5.31. The number of carbonyl (C=O) groups is 1. The Balaban J connectivity index is 1.19. The van der Waals surface area contributed by atoms with Crippen LogP contribution < -0.4 is 5.32 Å². The molecule has 2 fully saturated rings. The maximum Gasteiger partial charge on any atom is 0.162 e. The number of rotatable bonds is 10. The molecule has 1 N–H and O–H groups in total. The van der Waals surface area contributed by atoms with Gasteiger partial charge in [-0.15, -0.1) is 11.3 Å². The van der Waals surface area contributed by atoms with Crippen LogP contribution in [0.5, 0.6) is 0 Å². The molecule has 0 radical (unpaired) electrons. The van der Waals surface area contributed by atoms with Gasteiger partial charge in [-0.05, 0) is 59.3 Å². The van der Waals surface area contributed by atoms with E-state index in [1.165, 1.54) is 14.2 Å². The summed E-state index contributed by atoms with van der Waals surface area (Å²) in [6.07, 6.45) is 4.89. The minimum absolute atomic E-state index is 0.228. The van der Waals surface area contributed by atoms with E-state index in [9.17, 15) is 4.79 Å². The van der Waals surface area contributed by atoms with E-state index in [2.05, 4.69) is 45.2 Å². The monoisotopic (exact) mass is 506 g/mol. The van der Waals surface area contributed by atoms with Gasteiger partial charge >= 0.3 is 0 Å². The van der Waals surface area contributed by atoms with Gasteiger partial charge in [0.05, 0.1) is 3.79 Å². The van der Waals surface area contributed by atoms with Crippen LogP contribution in [-0.4, -0.2) is 42.0 Å². The number of thiophene rings is 1. The zero-order valence-corrected chi connectivity index (χ0v) is 20.6. The second kappa shape index (κ2) is 10.2. The standard InChI is InChI=1S/C25H32BrFN2OS/c1-2-3-4-22(30)19-7-5-18(6-8-19)16-29-13-11-25(27,12-14-29)17-28-21-15-20(21)23-9-10-24(26)31-23/h5-10,20-21,28H,2-4,11-17H2,1H3. The van der Waals surface area contributed by atoms with Gasteiger partial charge in [0.1, 0.15) is 5.67 Å². The molecule has 1 aliphatic heterocycles. The van der Waals surface area contributed by atoms with Gasteiger partial charge in [0.15, 0.2) is 5.78 Å². The lowest BCUT2D eigenvalue weighted by atomic mass is 9.92. The third-order valence-corrected chi connectivity index (χ3v) is 8.38. The summed E-state index contributed by atoms with van der Waals surface area (Å²) in [6.45, 7) is 4.95. The first-order valence-corrected chi connectivity index (χ1v) is 13.1. The summed E-state index contributed by atoms with van der Waals surface area (Å²) in [6, 6.07) is 12.7. The van der Waals surface area contributed by atoms with Crippen LogP contribution in [0.4, 0.5) is 4.39 Å². The van der Waals surface area contributed by atoms with Crippen LogP contribution in [0.15, 0.2) is 40.2 Å². The highest BCUT2D eigenvalue weighted by Gasteiger charge is 2.42. The predicted molar refractivity (Wildman–Crippen MR) is 130 cm³/mol. The van der Waals surface area contributed by atoms with Crippen molar-refractivity contribution in [3.63, 3.8) is 0 Å². The van der Waals surface area contributed by atoms with E-state index in [4.69, 9.17) is 0 Å². The van der Waals surface area contributed by atoms with E-state index in [0.29, 0.717) is 37.8 Å². The third kappa shape index (κ3) is 6.25. The van der Waals surface area contributed by atoms with Gasteiger partial charge in [-0.1, -0.05) is 37.6 Å². The minimum atomic E-state index is -1.10. The zero-order valence-electron chi connectivity index (χ0n) is 18.2. The summed E-state index contributed by atoms with van der Waals surface area (Å²) in [5.41, 5.74) is 0.896. The van der Waals surface area contributed by atoms with E-state index in [1.807, 2.05) is 24.3 Å². The molecule has 4 rings (SSSR count). The number of Topliss-reactive ketones (excluding diaryl/α,β-unsaturated/α-hetero) is 1. The molecule has 168 valence electrons. The molecule has 0 bridgehead atoms. The lowest BCUT2D eigenvalue weighted by Crippen LogP contribution is -2.47. The van der Waals surface area contributed by atoms with Crippen molar-refractivity contribution in [1.29, 1.82) is 0 Å². The fraction of sp³-hybridized carbons (Fsp3) is 0.560. The molecule has 0 spiro atoms. The molecule has 2 atom stereocenters. The van der Waals surface area contributed by atoms with Crippen molar-refractivity contribution in [2.24, 2.45) is 0 Å². The molecule has 0 amide bonds. The van der Waals surface area contributed by atoms with Crippen LogP contribution in [-0.2, 0) is 6.54 Å². The van der Waals surface area contributed by atoms with Crippen molar-refractivity contribution in [3.8, 4) is 0 Å². The van der Waals surface area contributed by atoms with Crippen LogP contribution in [0, 0.1) is 0 Å². The van der Waals surface area contributed by atoms with Crippen molar-refractivity contribution in [1.82, 2.24) is 10.2 Å². The molecule has 2 unspecified atom stereocenters. The number of likely N-dealkylation sites (tertiary alicyclic amines) is 1. The maximum absolute atomic E-state index is 15.3. The van der Waals surface area contributed by atoms with Gasteiger partial charge in [-0.2, -0.15) is 0 Å². The Morgan fingerprint density at radius 1 is 1.23 bits per heavy atom. The summed E-state index contributed by atoms with van der Waals surface area (Å²) in [5.74, 6) is 0.780. The Bertz CT molecular complexity index is 876. The third-order valence-electron chi connectivity index (χ3n) is 6.62. The van der Waals surface area contributed by atoms with Crippen molar-refractivity contribution in [3.05, 3.63) is 56.2 Å². The molecule has 1 aromatic heterocycles. The number of nitrogens with zero attached hydrogens (tertiary/aromatic N) is 1. The second-order valence-electron chi connectivity index (χ2n) is 9.12. The molecule has 6 heteroatoms. The molecular weight excluding hydrogens is 475 g/mol.